The minimum atomic E-state index is 0.507. The number of nitrogens with zero attached hydrogens (tertiary/aromatic N) is 2. The number of halogens is 1. The highest BCUT2D eigenvalue weighted by Crippen LogP contribution is 2.14. The Labute approximate surface area is 127 Å². The largest absolute Gasteiger partial charge is 0.376 e. The molecule has 0 radical (unpaired) electrons. The van der Waals surface area contributed by atoms with E-state index >= 15 is 0 Å². The fourth-order valence-electron chi connectivity index (χ4n) is 2.00. The molecule has 21 heavy (non-hydrogen) atoms. The van der Waals surface area contributed by atoms with Crippen LogP contribution in [0.25, 0.3) is 0 Å². The minimum absolute atomic E-state index is 0.507. The maximum absolute atomic E-state index is 5.96. The molecular formula is C16H14ClN3O. The molecule has 1 N–H and O–H groups in total. The van der Waals surface area contributed by atoms with Crippen molar-refractivity contribution in [3.8, 4) is 0 Å². The van der Waals surface area contributed by atoms with Crippen LogP contribution in [-0.4, -0.2) is 10.1 Å². The Morgan fingerprint density at radius 2 is 1.90 bits per heavy atom. The lowest BCUT2D eigenvalue weighted by atomic mass is 10.1. The molecule has 0 spiro atoms. The molecule has 3 aromatic rings. The summed E-state index contributed by atoms with van der Waals surface area (Å²) in [5, 5.41) is 7.92. The van der Waals surface area contributed by atoms with Gasteiger partial charge in [-0.05, 0) is 29.8 Å². The van der Waals surface area contributed by atoms with Crippen LogP contribution in [0.1, 0.15) is 17.3 Å². The second-order valence-electron chi connectivity index (χ2n) is 4.63. The minimum Gasteiger partial charge on any atom is -0.376 e. The Balaban J connectivity index is 1.61. The summed E-state index contributed by atoms with van der Waals surface area (Å²) in [6.07, 6.45) is 0.607. The van der Waals surface area contributed by atoms with Crippen LogP contribution < -0.4 is 5.32 Å². The molecule has 3 rings (SSSR count). The van der Waals surface area contributed by atoms with Crippen molar-refractivity contribution in [1.29, 1.82) is 0 Å². The maximum atomic E-state index is 5.96. The third kappa shape index (κ3) is 3.83. The van der Waals surface area contributed by atoms with Gasteiger partial charge in [-0.2, -0.15) is 4.98 Å². The van der Waals surface area contributed by atoms with E-state index in [1.807, 2.05) is 54.6 Å². The van der Waals surface area contributed by atoms with Gasteiger partial charge in [0.2, 0.25) is 5.89 Å². The Bertz CT molecular complexity index is 712. The topological polar surface area (TPSA) is 51.0 Å². The fraction of sp³-hybridized carbons (Fsp3) is 0.125. The first-order valence-electron chi connectivity index (χ1n) is 6.64. The van der Waals surface area contributed by atoms with Crippen LogP contribution in [0, 0.1) is 0 Å². The molecule has 4 nitrogen and oxygen atoms in total. The van der Waals surface area contributed by atoms with Crippen LogP contribution in [0.5, 0.6) is 0 Å². The summed E-state index contributed by atoms with van der Waals surface area (Å²) in [6, 6.07) is 17.5. The Kier molecular flexibility index (Phi) is 4.17. The van der Waals surface area contributed by atoms with Crippen LogP contribution in [0.15, 0.2) is 59.1 Å². The molecule has 0 atom stereocenters. The fourth-order valence-corrected chi connectivity index (χ4v) is 2.21. The maximum Gasteiger partial charge on any atom is 0.245 e. The van der Waals surface area contributed by atoms with E-state index in [9.17, 15) is 0 Å². The lowest BCUT2D eigenvalue weighted by molar-refractivity contribution is 0.378. The van der Waals surface area contributed by atoms with Gasteiger partial charge in [-0.25, -0.2) is 0 Å². The number of hydrogen-bond donors (Lipinski definition) is 1. The third-order valence-electron chi connectivity index (χ3n) is 2.98. The van der Waals surface area contributed by atoms with Gasteiger partial charge in [-0.1, -0.05) is 47.1 Å². The van der Waals surface area contributed by atoms with E-state index in [1.165, 1.54) is 0 Å². The zero-order valence-electron chi connectivity index (χ0n) is 11.3. The van der Waals surface area contributed by atoms with Gasteiger partial charge in [-0.15, -0.1) is 0 Å². The summed E-state index contributed by atoms with van der Waals surface area (Å²) in [5.74, 6) is 1.22. The first-order chi connectivity index (χ1) is 10.3. The second kappa shape index (κ2) is 6.41. The van der Waals surface area contributed by atoms with E-state index in [1.54, 1.807) is 0 Å². The van der Waals surface area contributed by atoms with Gasteiger partial charge in [0.1, 0.15) is 0 Å². The van der Waals surface area contributed by atoms with Gasteiger partial charge in [0, 0.05) is 17.1 Å². The smallest absolute Gasteiger partial charge is 0.245 e. The van der Waals surface area contributed by atoms with Crippen molar-refractivity contribution in [2.24, 2.45) is 0 Å². The van der Waals surface area contributed by atoms with Crippen molar-refractivity contribution in [3.05, 3.63) is 76.9 Å². The zero-order chi connectivity index (χ0) is 14.5. The molecule has 2 aromatic carbocycles. The predicted octanol–water partition coefficient (Wildman–Crippen LogP) is 3.93. The van der Waals surface area contributed by atoms with Crippen LogP contribution in [-0.2, 0) is 13.0 Å². The SMILES string of the molecule is Clc1cccc(Cc2noc(CNc3ccccc3)n2)c1. The van der Waals surface area contributed by atoms with Gasteiger partial charge >= 0.3 is 0 Å². The van der Waals surface area contributed by atoms with Crippen LogP contribution in [0.3, 0.4) is 0 Å². The number of anilines is 1. The molecule has 0 aliphatic carbocycles. The van der Waals surface area contributed by atoms with Gasteiger partial charge in [-0.3, -0.25) is 0 Å². The van der Waals surface area contributed by atoms with Crippen molar-refractivity contribution in [2.45, 2.75) is 13.0 Å². The third-order valence-corrected chi connectivity index (χ3v) is 3.21. The molecule has 1 heterocycles. The molecule has 0 bridgehead atoms. The van der Waals surface area contributed by atoms with Gasteiger partial charge in [0.05, 0.1) is 6.54 Å². The van der Waals surface area contributed by atoms with Crippen molar-refractivity contribution in [1.82, 2.24) is 10.1 Å². The highest BCUT2D eigenvalue weighted by molar-refractivity contribution is 6.30. The van der Waals surface area contributed by atoms with E-state index < -0.39 is 0 Å². The average Bonchev–Trinajstić information content (AvgIpc) is 2.94. The Morgan fingerprint density at radius 1 is 1.05 bits per heavy atom. The first-order valence-corrected chi connectivity index (χ1v) is 7.02. The standard InChI is InChI=1S/C16H14ClN3O/c17-13-6-4-5-12(9-13)10-15-19-16(21-20-15)11-18-14-7-2-1-3-8-14/h1-9,18H,10-11H2. The van der Waals surface area contributed by atoms with Gasteiger partial charge in [0.25, 0.3) is 0 Å². The van der Waals surface area contributed by atoms with Crippen molar-refractivity contribution in [2.75, 3.05) is 5.32 Å². The Morgan fingerprint density at radius 3 is 2.71 bits per heavy atom. The van der Waals surface area contributed by atoms with E-state index in [-0.39, 0.29) is 0 Å². The summed E-state index contributed by atoms with van der Waals surface area (Å²) in [4.78, 5) is 4.37. The molecule has 0 saturated heterocycles. The van der Waals surface area contributed by atoms with E-state index in [0.717, 1.165) is 11.3 Å². The first kappa shape index (κ1) is 13.6. The summed E-state index contributed by atoms with van der Waals surface area (Å²) < 4.78 is 5.23. The van der Waals surface area contributed by atoms with E-state index in [4.69, 9.17) is 16.1 Å². The molecule has 0 unspecified atom stereocenters. The molecule has 0 aliphatic rings. The van der Waals surface area contributed by atoms with Crippen LogP contribution in [0.4, 0.5) is 5.69 Å². The zero-order valence-corrected chi connectivity index (χ0v) is 12.0. The number of nitrogens with one attached hydrogen (secondary N) is 1. The summed E-state index contributed by atoms with van der Waals surface area (Å²) >= 11 is 5.96. The number of rotatable bonds is 5. The highest BCUT2D eigenvalue weighted by atomic mass is 35.5. The van der Waals surface area contributed by atoms with Crippen LogP contribution in [0.2, 0.25) is 5.02 Å². The summed E-state index contributed by atoms with van der Waals surface area (Å²) in [7, 11) is 0. The lowest BCUT2D eigenvalue weighted by Gasteiger charge is -2.01. The van der Waals surface area contributed by atoms with Gasteiger partial charge < -0.3 is 9.84 Å². The summed E-state index contributed by atoms with van der Waals surface area (Å²) in [6.45, 7) is 0.507. The lowest BCUT2D eigenvalue weighted by Crippen LogP contribution is -1.99. The Hall–Kier alpha value is -2.33. The highest BCUT2D eigenvalue weighted by Gasteiger charge is 2.07. The van der Waals surface area contributed by atoms with Crippen LogP contribution >= 0.6 is 11.6 Å². The second-order valence-corrected chi connectivity index (χ2v) is 5.07. The quantitative estimate of drug-likeness (QED) is 0.775. The predicted molar refractivity (Wildman–Crippen MR) is 82.3 cm³/mol. The molecule has 0 amide bonds. The number of para-hydroxylation sites is 1. The molecule has 106 valence electrons. The number of benzene rings is 2. The molecule has 1 aromatic heterocycles. The summed E-state index contributed by atoms with van der Waals surface area (Å²) in [5.41, 5.74) is 2.08. The molecule has 0 saturated carbocycles. The average molecular weight is 300 g/mol. The van der Waals surface area contributed by atoms with Crippen molar-refractivity contribution < 1.29 is 4.52 Å². The number of hydrogen-bond acceptors (Lipinski definition) is 4. The van der Waals surface area contributed by atoms with Gasteiger partial charge in [0.15, 0.2) is 5.82 Å². The normalized spacial score (nSPS) is 10.5. The van der Waals surface area contributed by atoms with Crippen molar-refractivity contribution >= 4 is 17.3 Å². The van der Waals surface area contributed by atoms with Crippen molar-refractivity contribution in [3.63, 3.8) is 0 Å². The monoisotopic (exact) mass is 299 g/mol. The molecule has 5 heteroatoms. The molecule has 0 aliphatic heterocycles. The number of aromatic nitrogens is 2. The molecular weight excluding hydrogens is 286 g/mol. The molecule has 0 fully saturated rings. The van der Waals surface area contributed by atoms with E-state index in [2.05, 4.69) is 15.5 Å². The van der Waals surface area contributed by atoms with E-state index in [0.29, 0.717) is 29.7 Å².